The van der Waals surface area contributed by atoms with Crippen LogP contribution in [0, 0.1) is 0 Å². The van der Waals surface area contributed by atoms with E-state index in [1.54, 1.807) is 11.3 Å². The van der Waals surface area contributed by atoms with Crippen LogP contribution in [-0.2, 0) is 0 Å². The minimum Gasteiger partial charge on any atom is -0.143 e. The topological polar surface area (TPSA) is 0 Å². The van der Waals surface area contributed by atoms with Crippen LogP contribution in [0.4, 0.5) is 0 Å². The molecule has 0 aliphatic rings. The number of hydrogen-bond donors (Lipinski definition) is 0. The van der Waals surface area contributed by atoms with Gasteiger partial charge in [0, 0.05) is 10.4 Å². The van der Waals surface area contributed by atoms with Crippen LogP contribution in [0.1, 0.15) is 22.3 Å². The van der Waals surface area contributed by atoms with Crippen LogP contribution in [0.5, 0.6) is 0 Å². The van der Waals surface area contributed by atoms with Crippen LogP contribution < -0.4 is 0 Å². The third-order valence-corrected chi connectivity index (χ3v) is 6.17. The Bertz CT molecular complexity index is 1000. The third kappa shape index (κ3) is 3.93. The Morgan fingerprint density at radius 3 is 1.85 bits per heavy atom. The predicted octanol–water partition coefficient (Wildman–Crippen LogP) is 7.82. The van der Waals surface area contributed by atoms with Gasteiger partial charge in [0.15, 0.2) is 0 Å². The van der Waals surface area contributed by atoms with Gasteiger partial charge in [0.1, 0.15) is 0 Å². The lowest BCUT2D eigenvalue weighted by atomic mass is 10.1. The molecule has 0 nitrogen and oxygen atoms in total. The number of thiophene rings is 2. The lowest BCUT2D eigenvalue weighted by molar-refractivity contribution is 1.66. The smallest absolute Gasteiger partial charge is 0.0521 e. The number of benzene rings is 2. The lowest BCUT2D eigenvalue weighted by Gasteiger charge is -2.00. The Kier molecular flexibility index (Phi) is 5.25. The van der Waals surface area contributed by atoms with E-state index in [2.05, 4.69) is 95.7 Å². The first-order valence-electron chi connectivity index (χ1n) is 8.52. The van der Waals surface area contributed by atoms with Crippen molar-refractivity contribution in [1.82, 2.24) is 0 Å². The van der Waals surface area contributed by atoms with Crippen LogP contribution in [0.15, 0.2) is 83.6 Å². The van der Waals surface area contributed by atoms with Crippen molar-refractivity contribution in [3.63, 3.8) is 0 Å². The summed E-state index contributed by atoms with van der Waals surface area (Å²) in [6.07, 6.45) is 8.83. The van der Waals surface area contributed by atoms with E-state index in [4.69, 9.17) is 0 Å². The molecule has 0 radical (unpaired) electrons. The van der Waals surface area contributed by atoms with Crippen molar-refractivity contribution in [1.29, 1.82) is 0 Å². The Labute approximate surface area is 162 Å². The zero-order valence-corrected chi connectivity index (χ0v) is 15.8. The monoisotopic (exact) mass is 370 g/mol. The molecule has 0 saturated carbocycles. The second-order valence-electron chi connectivity index (χ2n) is 5.90. The van der Waals surface area contributed by atoms with Crippen LogP contribution in [0.2, 0.25) is 0 Å². The molecule has 0 unspecified atom stereocenters. The summed E-state index contributed by atoms with van der Waals surface area (Å²) in [6, 6.07) is 25.2. The summed E-state index contributed by atoms with van der Waals surface area (Å²) in [7, 11) is 0. The Balaban J connectivity index is 1.72. The average Bonchev–Trinajstić information content (AvgIpc) is 3.36. The Hall–Kier alpha value is -2.68. The van der Waals surface area contributed by atoms with Gasteiger partial charge in [-0.1, -0.05) is 91.0 Å². The van der Waals surface area contributed by atoms with Crippen LogP contribution >= 0.6 is 22.7 Å². The van der Waals surface area contributed by atoms with Gasteiger partial charge in [-0.05, 0) is 33.5 Å². The SMILES string of the molecule is C(=Cc1csc(-c2cccs2)c1C=Cc1ccccc1)c1ccccc1. The average molecular weight is 371 g/mol. The van der Waals surface area contributed by atoms with E-state index in [0.717, 1.165) is 0 Å². The maximum absolute atomic E-state index is 2.25. The van der Waals surface area contributed by atoms with E-state index in [1.807, 2.05) is 23.5 Å². The molecular formula is C24H18S2. The molecule has 4 aromatic rings. The minimum atomic E-state index is 1.22. The van der Waals surface area contributed by atoms with Gasteiger partial charge in [0.2, 0.25) is 0 Å². The standard InChI is InChI=1S/C24H18S2/c1-3-8-19(9-4-1)13-15-21-18-26-24(23-12-7-17-25-23)22(21)16-14-20-10-5-2-6-11-20/h1-18H. The predicted molar refractivity (Wildman–Crippen MR) is 118 cm³/mol. The van der Waals surface area contributed by atoms with E-state index < -0.39 is 0 Å². The van der Waals surface area contributed by atoms with Gasteiger partial charge in [-0.2, -0.15) is 0 Å². The van der Waals surface area contributed by atoms with Crippen molar-refractivity contribution in [2.75, 3.05) is 0 Å². The van der Waals surface area contributed by atoms with Gasteiger partial charge in [-0.15, -0.1) is 22.7 Å². The number of rotatable bonds is 5. The molecule has 0 N–H and O–H groups in total. The van der Waals surface area contributed by atoms with Crippen molar-refractivity contribution in [2.24, 2.45) is 0 Å². The quantitative estimate of drug-likeness (QED) is 0.336. The molecule has 0 saturated heterocycles. The molecule has 0 bridgehead atoms. The van der Waals surface area contributed by atoms with Gasteiger partial charge >= 0.3 is 0 Å². The molecule has 0 aliphatic carbocycles. The zero-order chi connectivity index (χ0) is 17.6. The van der Waals surface area contributed by atoms with E-state index >= 15 is 0 Å². The summed E-state index contributed by atoms with van der Waals surface area (Å²) in [5.74, 6) is 0. The van der Waals surface area contributed by atoms with Crippen molar-refractivity contribution in [3.8, 4) is 9.75 Å². The molecule has 26 heavy (non-hydrogen) atoms. The molecule has 126 valence electrons. The molecule has 0 amide bonds. The molecule has 0 atom stereocenters. The van der Waals surface area contributed by atoms with Gasteiger partial charge in [-0.3, -0.25) is 0 Å². The maximum Gasteiger partial charge on any atom is 0.0521 e. The highest BCUT2D eigenvalue weighted by Gasteiger charge is 2.10. The lowest BCUT2D eigenvalue weighted by Crippen LogP contribution is -1.78. The largest absolute Gasteiger partial charge is 0.143 e. The highest BCUT2D eigenvalue weighted by molar-refractivity contribution is 7.20. The van der Waals surface area contributed by atoms with Crippen molar-refractivity contribution < 1.29 is 0 Å². The summed E-state index contributed by atoms with van der Waals surface area (Å²) in [5, 5.41) is 4.39. The van der Waals surface area contributed by atoms with Crippen molar-refractivity contribution in [2.45, 2.75) is 0 Å². The van der Waals surface area contributed by atoms with Crippen LogP contribution in [-0.4, -0.2) is 0 Å². The van der Waals surface area contributed by atoms with Gasteiger partial charge in [0.05, 0.1) is 4.88 Å². The van der Waals surface area contributed by atoms with Gasteiger partial charge in [0.25, 0.3) is 0 Å². The highest BCUT2D eigenvalue weighted by atomic mass is 32.1. The van der Waals surface area contributed by atoms with E-state index in [0.29, 0.717) is 0 Å². The molecule has 0 aliphatic heterocycles. The second kappa shape index (κ2) is 8.13. The van der Waals surface area contributed by atoms with Crippen LogP contribution in [0.3, 0.4) is 0 Å². The molecule has 2 heteroatoms. The zero-order valence-electron chi connectivity index (χ0n) is 14.2. The Morgan fingerprint density at radius 1 is 0.577 bits per heavy atom. The van der Waals surface area contributed by atoms with Gasteiger partial charge < -0.3 is 0 Å². The molecular weight excluding hydrogens is 352 g/mol. The molecule has 2 heterocycles. The Morgan fingerprint density at radius 2 is 1.23 bits per heavy atom. The second-order valence-corrected chi connectivity index (χ2v) is 7.73. The fourth-order valence-electron chi connectivity index (χ4n) is 2.77. The molecule has 0 spiro atoms. The third-order valence-electron chi connectivity index (χ3n) is 4.10. The summed E-state index contributed by atoms with van der Waals surface area (Å²) in [4.78, 5) is 2.65. The van der Waals surface area contributed by atoms with E-state index in [-0.39, 0.29) is 0 Å². The summed E-state index contributed by atoms with van der Waals surface area (Å²) in [6.45, 7) is 0. The number of hydrogen-bond acceptors (Lipinski definition) is 2. The van der Waals surface area contributed by atoms with Crippen molar-refractivity contribution >= 4 is 47.0 Å². The summed E-state index contributed by atoms with van der Waals surface area (Å²) >= 11 is 3.60. The normalized spacial score (nSPS) is 11.5. The minimum absolute atomic E-state index is 1.22. The molecule has 2 aromatic heterocycles. The first-order chi connectivity index (χ1) is 12.9. The molecule has 0 fully saturated rings. The fraction of sp³-hybridized carbons (Fsp3) is 0. The van der Waals surface area contributed by atoms with Crippen molar-refractivity contribution in [3.05, 3.63) is 106 Å². The maximum atomic E-state index is 2.25. The van der Waals surface area contributed by atoms with Crippen LogP contribution in [0.25, 0.3) is 34.1 Å². The first-order valence-corrected chi connectivity index (χ1v) is 10.3. The molecule has 4 rings (SSSR count). The van der Waals surface area contributed by atoms with E-state index in [1.165, 1.54) is 32.0 Å². The summed E-state index contributed by atoms with van der Waals surface area (Å²) < 4.78 is 0. The molecule has 2 aromatic carbocycles. The highest BCUT2D eigenvalue weighted by Crippen LogP contribution is 2.37. The fourth-order valence-corrected chi connectivity index (χ4v) is 4.69. The summed E-state index contributed by atoms with van der Waals surface area (Å²) in [5.41, 5.74) is 4.98. The first kappa shape index (κ1) is 16.8. The van der Waals surface area contributed by atoms with E-state index in [9.17, 15) is 0 Å². The van der Waals surface area contributed by atoms with Gasteiger partial charge in [-0.25, -0.2) is 0 Å².